The van der Waals surface area contributed by atoms with Crippen molar-refractivity contribution in [3.63, 3.8) is 0 Å². The molecule has 0 spiro atoms. The molecule has 0 radical (unpaired) electrons. The summed E-state index contributed by atoms with van der Waals surface area (Å²) in [7, 11) is 0. The minimum absolute atomic E-state index is 0.218. The summed E-state index contributed by atoms with van der Waals surface area (Å²) >= 11 is 0. The average Bonchev–Trinajstić information content (AvgIpc) is 2.94. The Hall–Kier alpha value is -1.75. The molecule has 1 heterocycles. The molecule has 0 aromatic heterocycles. The molecule has 5 heteroatoms. The van der Waals surface area contributed by atoms with E-state index >= 15 is 0 Å². The molecule has 0 amide bonds. The van der Waals surface area contributed by atoms with E-state index in [-0.39, 0.29) is 6.10 Å². The second-order valence-corrected chi connectivity index (χ2v) is 4.72. The number of hydrogen-bond donors (Lipinski definition) is 1. The van der Waals surface area contributed by atoms with Crippen LogP contribution in [0.1, 0.15) is 36.5 Å². The third kappa shape index (κ3) is 3.63. The number of benzene rings is 1. The van der Waals surface area contributed by atoms with Gasteiger partial charge in [-0.15, -0.1) is 0 Å². The lowest BCUT2D eigenvalue weighted by Crippen LogP contribution is -2.14. The van der Waals surface area contributed by atoms with E-state index in [2.05, 4.69) is 0 Å². The Morgan fingerprint density at radius 3 is 3.05 bits per heavy atom. The lowest BCUT2D eigenvalue weighted by molar-refractivity contribution is 0.0382. The first-order valence-corrected chi connectivity index (χ1v) is 7.02. The fourth-order valence-electron chi connectivity index (χ4n) is 2.25. The summed E-state index contributed by atoms with van der Waals surface area (Å²) in [6.45, 7) is 3.45. The molecule has 0 saturated carbocycles. The molecule has 110 valence electrons. The van der Waals surface area contributed by atoms with E-state index in [0.717, 1.165) is 25.9 Å². The third-order valence-electron chi connectivity index (χ3n) is 3.25. The van der Waals surface area contributed by atoms with E-state index in [9.17, 15) is 4.79 Å². The Morgan fingerprint density at radius 1 is 1.50 bits per heavy atom. The van der Waals surface area contributed by atoms with Crippen LogP contribution in [0.5, 0.6) is 5.75 Å². The summed E-state index contributed by atoms with van der Waals surface area (Å²) in [6.07, 6.45) is 3.08. The molecule has 1 aromatic carbocycles. The van der Waals surface area contributed by atoms with Gasteiger partial charge in [-0.05, 0) is 31.9 Å². The summed E-state index contributed by atoms with van der Waals surface area (Å²) in [6, 6.07) is 5.08. The number of carbonyl (C=O) groups is 1. The van der Waals surface area contributed by atoms with Crippen LogP contribution >= 0.6 is 0 Å². The molecule has 0 aliphatic carbocycles. The number of nitrogens with two attached hydrogens (primary N) is 1. The smallest absolute Gasteiger partial charge is 0.342 e. The van der Waals surface area contributed by atoms with Crippen LogP contribution in [0.3, 0.4) is 0 Å². The number of carbonyl (C=O) groups excluding carboxylic acids is 1. The van der Waals surface area contributed by atoms with E-state index in [1.54, 1.807) is 18.2 Å². The van der Waals surface area contributed by atoms with Crippen LogP contribution in [-0.4, -0.2) is 31.9 Å². The van der Waals surface area contributed by atoms with Gasteiger partial charge in [-0.1, -0.05) is 6.07 Å². The largest absolute Gasteiger partial charge is 0.491 e. The van der Waals surface area contributed by atoms with Gasteiger partial charge in [0.05, 0.1) is 25.0 Å². The van der Waals surface area contributed by atoms with Crippen LogP contribution in [0.4, 0.5) is 5.69 Å². The zero-order valence-electron chi connectivity index (χ0n) is 11.8. The van der Waals surface area contributed by atoms with Crippen LogP contribution in [0.2, 0.25) is 0 Å². The molecule has 1 unspecified atom stereocenters. The van der Waals surface area contributed by atoms with Gasteiger partial charge in [-0.25, -0.2) is 4.79 Å². The number of esters is 1. The van der Waals surface area contributed by atoms with Crippen LogP contribution < -0.4 is 10.5 Å². The van der Waals surface area contributed by atoms with Crippen molar-refractivity contribution in [3.8, 4) is 5.75 Å². The van der Waals surface area contributed by atoms with E-state index in [1.165, 1.54) is 0 Å². The van der Waals surface area contributed by atoms with Crippen molar-refractivity contribution in [1.82, 2.24) is 0 Å². The lowest BCUT2D eigenvalue weighted by atomic mass is 10.1. The van der Waals surface area contributed by atoms with E-state index in [4.69, 9.17) is 19.9 Å². The van der Waals surface area contributed by atoms with E-state index in [0.29, 0.717) is 30.2 Å². The first-order chi connectivity index (χ1) is 9.72. The molecule has 5 nitrogen and oxygen atoms in total. The van der Waals surface area contributed by atoms with Crippen molar-refractivity contribution in [2.24, 2.45) is 0 Å². The molecule has 2 N–H and O–H groups in total. The predicted molar refractivity (Wildman–Crippen MR) is 75.9 cm³/mol. The monoisotopic (exact) mass is 279 g/mol. The average molecular weight is 279 g/mol. The van der Waals surface area contributed by atoms with Crippen LogP contribution in [0.15, 0.2) is 18.2 Å². The predicted octanol–water partition coefficient (Wildman–Crippen LogP) is 2.39. The molecule has 0 bridgehead atoms. The maximum atomic E-state index is 12.1. The summed E-state index contributed by atoms with van der Waals surface area (Å²) in [5, 5.41) is 0. The highest BCUT2D eigenvalue weighted by Gasteiger charge is 2.19. The van der Waals surface area contributed by atoms with Gasteiger partial charge in [0.1, 0.15) is 5.56 Å². The fraction of sp³-hybridized carbons (Fsp3) is 0.533. The Morgan fingerprint density at radius 2 is 2.35 bits per heavy atom. The molecular weight excluding hydrogens is 258 g/mol. The fourth-order valence-corrected chi connectivity index (χ4v) is 2.25. The third-order valence-corrected chi connectivity index (χ3v) is 3.25. The molecule has 2 rings (SSSR count). The summed E-state index contributed by atoms with van der Waals surface area (Å²) in [5.41, 5.74) is 6.64. The minimum atomic E-state index is -0.404. The zero-order chi connectivity index (χ0) is 14.4. The molecular formula is C15H21NO4. The Balaban J connectivity index is 1.92. The number of anilines is 1. The zero-order valence-corrected chi connectivity index (χ0v) is 11.8. The highest BCUT2D eigenvalue weighted by molar-refractivity contribution is 5.94. The van der Waals surface area contributed by atoms with Gasteiger partial charge in [-0.3, -0.25) is 0 Å². The van der Waals surface area contributed by atoms with Gasteiger partial charge in [0, 0.05) is 13.0 Å². The molecule has 1 fully saturated rings. The number of nitrogen functional groups attached to an aromatic ring is 1. The SMILES string of the molecule is CCOc1c(N)cccc1C(=O)OCCC1CCCO1. The number of para-hydroxylation sites is 1. The second kappa shape index (κ2) is 7.14. The molecule has 1 saturated heterocycles. The first kappa shape index (κ1) is 14.7. The molecule has 20 heavy (non-hydrogen) atoms. The van der Waals surface area contributed by atoms with Crippen molar-refractivity contribution in [2.45, 2.75) is 32.3 Å². The van der Waals surface area contributed by atoms with Crippen molar-refractivity contribution in [1.29, 1.82) is 0 Å². The summed E-state index contributed by atoms with van der Waals surface area (Å²) < 4.78 is 16.2. The van der Waals surface area contributed by atoms with Gasteiger partial charge in [0.25, 0.3) is 0 Å². The molecule has 1 aromatic rings. The Kier molecular flexibility index (Phi) is 5.24. The van der Waals surface area contributed by atoms with Crippen molar-refractivity contribution < 1.29 is 19.0 Å². The maximum Gasteiger partial charge on any atom is 0.342 e. The highest BCUT2D eigenvalue weighted by Crippen LogP contribution is 2.27. The normalized spacial score (nSPS) is 17.9. The molecule has 1 aliphatic rings. The summed E-state index contributed by atoms with van der Waals surface area (Å²) in [5.74, 6) is -0.00383. The number of rotatable bonds is 6. The first-order valence-electron chi connectivity index (χ1n) is 7.02. The van der Waals surface area contributed by atoms with Gasteiger partial charge >= 0.3 is 5.97 Å². The molecule has 1 aliphatic heterocycles. The minimum Gasteiger partial charge on any atom is -0.491 e. The Labute approximate surface area is 119 Å². The highest BCUT2D eigenvalue weighted by atomic mass is 16.5. The van der Waals surface area contributed by atoms with Crippen molar-refractivity contribution in [2.75, 3.05) is 25.6 Å². The van der Waals surface area contributed by atoms with E-state index in [1.807, 2.05) is 6.92 Å². The van der Waals surface area contributed by atoms with Gasteiger partial charge in [-0.2, -0.15) is 0 Å². The van der Waals surface area contributed by atoms with Crippen molar-refractivity contribution in [3.05, 3.63) is 23.8 Å². The standard InChI is InChI=1S/C15H21NO4/c1-2-18-14-12(6-3-7-13(14)16)15(17)20-10-8-11-5-4-9-19-11/h3,6-7,11H,2,4-5,8-10,16H2,1H3. The topological polar surface area (TPSA) is 70.8 Å². The summed E-state index contributed by atoms with van der Waals surface area (Å²) in [4.78, 5) is 12.1. The van der Waals surface area contributed by atoms with Gasteiger partial charge in [0.2, 0.25) is 0 Å². The number of hydrogen-bond acceptors (Lipinski definition) is 5. The van der Waals surface area contributed by atoms with Gasteiger partial charge in [0.15, 0.2) is 5.75 Å². The van der Waals surface area contributed by atoms with Crippen LogP contribution in [0.25, 0.3) is 0 Å². The number of ether oxygens (including phenoxy) is 3. The van der Waals surface area contributed by atoms with E-state index < -0.39 is 5.97 Å². The maximum absolute atomic E-state index is 12.1. The van der Waals surface area contributed by atoms with Gasteiger partial charge < -0.3 is 19.9 Å². The van der Waals surface area contributed by atoms with Crippen LogP contribution in [-0.2, 0) is 9.47 Å². The Bertz CT molecular complexity index is 455. The van der Waals surface area contributed by atoms with Crippen LogP contribution in [0, 0.1) is 0 Å². The lowest BCUT2D eigenvalue weighted by Gasteiger charge is -2.13. The quantitative estimate of drug-likeness (QED) is 0.639. The second-order valence-electron chi connectivity index (χ2n) is 4.72. The van der Waals surface area contributed by atoms with Crippen molar-refractivity contribution >= 4 is 11.7 Å². The molecule has 1 atom stereocenters.